The van der Waals surface area contributed by atoms with Gasteiger partial charge in [-0.25, -0.2) is 59.5 Å². The average Bonchev–Trinajstić information content (AvgIpc) is 0.825. The number of carbonyl (C=O) groups excluding carboxylic acids is 6. The molecule has 138 heavy (non-hydrogen) atoms. The quantitative estimate of drug-likeness (QED) is 0.0186. The molecule has 12 aromatic carbocycles. The van der Waals surface area contributed by atoms with Crippen molar-refractivity contribution in [2.75, 3.05) is 74.6 Å². The van der Waals surface area contributed by atoms with E-state index in [0.29, 0.717) is 44.6 Å². The lowest BCUT2D eigenvalue weighted by atomic mass is 10.1. The van der Waals surface area contributed by atoms with E-state index in [1.807, 2.05) is 119 Å². The molecule has 0 spiro atoms. The van der Waals surface area contributed by atoms with Gasteiger partial charge >= 0.3 is 36.6 Å². The number of hydrogen-bond donors (Lipinski definition) is 6. The Labute approximate surface area is 825 Å². The van der Waals surface area contributed by atoms with Crippen LogP contribution in [-0.2, 0) is 68.1 Å². The first kappa shape index (κ1) is 113. The molecule has 24 nitrogen and oxygen atoms in total. The molecule has 0 radical (unpaired) electrons. The lowest BCUT2D eigenvalue weighted by molar-refractivity contribution is 0.186. The normalized spacial score (nSPS) is 10.2. The first-order chi connectivity index (χ1) is 65.1. The van der Waals surface area contributed by atoms with Gasteiger partial charge in [0.1, 0.15) is 45.5 Å². The summed E-state index contributed by atoms with van der Waals surface area (Å²) >= 11 is 11.7. The molecule has 12 aromatic rings. The van der Waals surface area contributed by atoms with E-state index in [-0.39, 0.29) is 92.8 Å². The predicted octanol–water partition coefficient (Wildman–Crippen LogP) is 28.3. The first-order valence-corrected chi connectivity index (χ1v) is 44.1. The molecule has 0 unspecified atom stereocenters. The fourth-order valence-corrected chi connectivity index (χ4v) is 13.5. The van der Waals surface area contributed by atoms with E-state index in [0.717, 1.165) is 97.1 Å². The van der Waals surface area contributed by atoms with Crippen LogP contribution in [-0.4, -0.2) is 79.2 Å². The van der Waals surface area contributed by atoms with Crippen LogP contribution in [0.1, 0.15) is 113 Å². The SMILES string of the molecule is C.COC(=O)Nc1cccc(Br)c1COc1cc(C)c(C)cc1F.COC(=O)Nc1cccc(C)c1COc1cc(C)c(C)cc1F.COC(=O)Nc1cccc(Cl)c1COc1cc(C)c(C)cc1F.COC(=O)Nc1cccc(F)c1COc1cc(C)c(C)cc1F.COC(=O)Nc1cccc(I)c1COc1cc(C)c(C)cc1F.COC(=O)Nc1ccccc1COc1cc(C)c(C)cc1F. The lowest BCUT2D eigenvalue weighted by Gasteiger charge is -2.15. The smallest absolute Gasteiger partial charge is 0.411 e. The minimum Gasteiger partial charge on any atom is -0.486 e. The van der Waals surface area contributed by atoms with Crippen molar-refractivity contribution in [3.05, 3.63) is 348 Å². The summed E-state index contributed by atoms with van der Waals surface area (Å²) in [6.07, 6.45) is -3.62. The standard InChI is InChI=1S/C18H20FNO3.C17H17BrFNO3.C17H17ClFNO3.C17H17F2NO3.C17H17FINO3.C17H18FNO3.CH4/c1-11-6-5-7-16(20-18(21)22-4)14(11)10-23-17-9-13(3)12(2)8-15(17)19;3*1-10-7-14(19)16(8-11(10)2)23-9-12-13(18)5-4-6-15(12)20-17(21)22-3;1-10-7-13(18)16(8-11(10)2)23-9-12-14(19)5-4-6-15(12)20-17(21)22-3;1-11-8-14(18)16(9-12(11)2)22-10-13-6-4-5-7-15(13)19-17(20)21-3;/h5-9H,10H2,1-4H3,(H,20,21);4*4-8H,9H2,1-3H3,(H,20,21);4-9H,10H2,1-3H3,(H,19,20);1H4. The summed E-state index contributed by atoms with van der Waals surface area (Å²) < 4.78 is 160. The van der Waals surface area contributed by atoms with Gasteiger partial charge in [0, 0.05) is 46.4 Å². The van der Waals surface area contributed by atoms with Crippen molar-refractivity contribution in [1.29, 1.82) is 0 Å². The summed E-state index contributed by atoms with van der Waals surface area (Å²) in [4.78, 5) is 68.2. The molecule has 0 bridgehead atoms. The fourth-order valence-electron chi connectivity index (χ4n) is 12.1. The second-order valence-electron chi connectivity index (χ2n) is 30.5. The molecule has 734 valence electrons. The molecule has 0 aliphatic heterocycles. The Morgan fingerprint density at radius 2 is 0.507 bits per heavy atom. The number of ether oxygens (including phenoxy) is 12. The van der Waals surface area contributed by atoms with Gasteiger partial charge in [-0.15, -0.1) is 0 Å². The van der Waals surface area contributed by atoms with Crippen LogP contribution in [0.3, 0.4) is 0 Å². The van der Waals surface area contributed by atoms with Crippen LogP contribution in [0.2, 0.25) is 5.02 Å². The van der Waals surface area contributed by atoms with Gasteiger partial charge in [-0.2, -0.15) is 0 Å². The molecule has 0 aliphatic carbocycles. The number of benzene rings is 12. The van der Waals surface area contributed by atoms with Gasteiger partial charge < -0.3 is 56.8 Å². The fraction of sp³-hybridized carbons (Fsp3) is 0.250. The third kappa shape index (κ3) is 34.1. The Bertz CT molecular complexity index is 5550. The average molecular weight is 2110 g/mol. The van der Waals surface area contributed by atoms with Gasteiger partial charge in [-0.05, 0) is 318 Å². The zero-order valence-electron chi connectivity index (χ0n) is 78.8. The lowest BCUT2D eigenvalue weighted by Crippen LogP contribution is -2.14. The van der Waals surface area contributed by atoms with Crippen LogP contribution in [0.25, 0.3) is 0 Å². The highest BCUT2D eigenvalue weighted by molar-refractivity contribution is 14.1. The van der Waals surface area contributed by atoms with Gasteiger partial charge in [0.05, 0.1) is 76.8 Å². The third-order valence-corrected chi connectivity index (χ3v) is 23.1. The predicted molar refractivity (Wildman–Crippen MR) is 533 cm³/mol. The maximum Gasteiger partial charge on any atom is 0.411 e. The summed E-state index contributed by atoms with van der Waals surface area (Å²) in [5.74, 6) is -2.23. The van der Waals surface area contributed by atoms with E-state index in [1.54, 1.807) is 104 Å². The molecule has 0 fully saturated rings. The van der Waals surface area contributed by atoms with Crippen molar-refractivity contribution in [2.45, 2.75) is 137 Å². The molecular formula is C104H110BrClF7IN6O18. The highest BCUT2D eigenvalue weighted by Crippen LogP contribution is 2.36. The van der Waals surface area contributed by atoms with Crippen LogP contribution in [0, 0.1) is 134 Å². The minimum atomic E-state index is -0.728. The Balaban J connectivity index is 0.000000254. The topological polar surface area (TPSA) is 285 Å². The van der Waals surface area contributed by atoms with Crippen molar-refractivity contribution < 1.29 is 116 Å². The van der Waals surface area contributed by atoms with Gasteiger partial charge in [-0.1, -0.05) is 89.6 Å². The molecule has 0 heterocycles. The largest absolute Gasteiger partial charge is 0.486 e. The maximum absolute atomic E-state index is 14.0. The zero-order chi connectivity index (χ0) is 101. The van der Waals surface area contributed by atoms with Gasteiger partial charge in [0.15, 0.2) is 69.4 Å². The number of para-hydroxylation sites is 1. The molecular weight excluding hydrogens is 2000 g/mol. The number of hydrogen-bond acceptors (Lipinski definition) is 18. The second kappa shape index (κ2) is 55.3. The number of aryl methyl sites for hydroxylation is 13. The van der Waals surface area contributed by atoms with Crippen molar-refractivity contribution in [3.8, 4) is 34.5 Å². The summed E-state index contributed by atoms with van der Waals surface area (Å²) in [7, 11) is 7.64. The number of halogens is 10. The van der Waals surface area contributed by atoms with Crippen LogP contribution in [0.5, 0.6) is 34.5 Å². The van der Waals surface area contributed by atoms with Crippen LogP contribution >= 0.6 is 50.1 Å². The summed E-state index contributed by atoms with van der Waals surface area (Å²) in [6, 6.07) is 51.0. The van der Waals surface area contributed by atoms with E-state index in [1.165, 1.54) is 97.3 Å². The van der Waals surface area contributed by atoms with Crippen LogP contribution in [0.4, 0.5) is 93.6 Å². The monoisotopic (exact) mass is 2100 g/mol. The molecule has 6 amide bonds. The van der Waals surface area contributed by atoms with E-state index in [2.05, 4.69) is 98.8 Å². The molecule has 0 saturated carbocycles. The van der Waals surface area contributed by atoms with Crippen molar-refractivity contribution in [1.82, 2.24) is 0 Å². The highest BCUT2D eigenvalue weighted by Gasteiger charge is 2.22. The molecule has 34 heteroatoms. The maximum atomic E-state index is 14.0. The van der Waals surface area contributed by atoms with Crippen molar-refractivity contribution in [3.63, 3.8) is 0 Å². The summed E-state index contributed by atoms with van der Waals surface area (Å²) in [5.41, 5.74) is 18.2. The number of nitrogens with one attached hydrogen (secondary N) is 6. The van der Waals surface area contributed by atoms with E-state index in [4.69, 9.17) is 40.0 Å². The number of anilines is 6. The molecule has 12 rings (SSSR count). The highest BCUT2D eigenvalue weighted by atomic mass is 127. The minimum absolute atomic E-state index is 0. The molecule has 0 atom stereocenters. The Morgan fingerprint density at radius 3 is 0.862 bits per heavy atom. The van der Waals surface area contributed by atoms with E-state index >= 15 is 0 Å². The molecule has 0 aromatic heterocycles. The number of carbonyl (C=O) groups is 6. The van der Waals surface area contributed by atoms with Crippen molar-refractivity contribution in [2.24, 2.45) is 0 Å². The Kier molecular flexibility index (Phi) is 45.2. The zero-order valence-corrected chi connectivity index (χ0v) is 83.3. The first-order valence-electron chi connectivity index (χ1n) is 41.8. The van der Waals surface area contributed by atoms with Crippen LogP contribution in [0.15, 0.2) is 193 Å². The third-order valence-electron chi connectivity index (χ3n) is 21.0. The van der Waals surface area contributed by atoms with Gasteiger partial charge in [0.25, 0.3) is 0 Å². The number of methoxy groups -OCH3 is 6. The van der Waals surface area contributed by atoms with Gasteiger partial charge in [-0.3, -0.25) is 31.9 Å². The number of amides is 6. The Morgan fingerprint density at radius 1 is 0.268 bits per heavy atom. The van der Waals surface area contributed by atoms with E-state index < -0.39 is 77.3 Å². The van der Waals surface area contributed by atoms with Crippen molar-refractivity contribution >= 4 is 121 Å². The summed E-state index contributed by atoms with van der Waals surface area (Å²) in [5, 5.41) is 15.8. The van der Waals surface area contributed by atoms with Crippen LogP contribution < -0.4 is 60.3 Å². The molecule has 0 saturated heterocycles. The Hall–Kier alpha value is -13.9. The number of rotatable bonds is 24. The van der Waals surface area contributed by atoms with E-state index in [9.17, 15) is 59.5 Å². The second-order valence-corrected chi connectivity index (χ2v) is 32.9. The molecule has 6 N–H and O–H groups in total. The molecule has 0 aliphatic rings. The summed E-state index contributed by atoms with van der Waals surface area (Å²) in [6.45, 7) is 24.5. The van der Waals surface area contributed by atoms with Gasteiger partial charge in [0.2, 0.25) is 0 Å².